The molecule has 1 N–H and O–H groups in total. The van der Waals surface area contributed by atoms with Gasteiger partial charge in [0.1, 0.15) is 19.0 Å². The number of carbonyl (C=O) groups excluding carboxylic acids is 3. The fourth-order valence-electron chi connectivity index (χ4n) is 3.46. The van der Waals surface area contributed by atoms with E-state index in [1.807, 2.05) is 0 Å². The van der Waals surface area contributed by atoms with Gasteiger partial charge in [0, 0.05) is 17.7 Å². The molecule has 1 aliphatic rings. The summed E-state index contributed by atoms with van der Waals surface area (Å²) in [6, 6.07) is 17.1. The van der Waals surface area contributed by atoms with Crippen LogP contribution in [0.3, 0.4) is 0 Å². The third-order valence-electron chi connectivity index (χ3n) is 5.18. The lowest BCUT2D eigenvalue weighted by Gasteiger charge is -2.18. The van der Waals surface area contributed by atoms with Crippen molar-refractivity contribution in [3.8, 4) is 11.5 Å². The van der Waals surface area contributed by atoms with Gasteiger partial charge in [-0.1, -0.05) is 30.3 Å². The molecule has 0 unspecified atom stereocenters. The molecule has 0 bridgehead atoms. The summed E-state index contributed by atoms with van der Waals surface area (Å²) in [5.41, 5.74) is 1.41. The van der Waals surface area contributed by atoms with Crippen LogP contribution in [0.15, 0.2) is 66.7 Å². The smallest absolute Gasteiger partial charge is 0.339 e. The summed E-state index contributed by atoms with van der Waals surface area (Å²) in [5.74, 6) is -0.947. The van der Waals surface area contributed by atoms with Gasteiger partial charge in [0.25, 0.3) is 5.91 Å². The van der Waals surface area contributed by atoms with Gasteiger partial charge < -0.3 is 19.5 Å². The largest absolute Gasteiger partial charge is 0.486 e. The van der Waals surface area contributed by atoms with Crippen LogP contribution in [0, 0.1) is 5.82 Å². The van der Waals surface area contributed by atoms with Crippen LogP contribution in [-0.4, -0.2) is 44.0 Å². The van der Waals surface area contributed by atoms with E-state index in [4.69, 9.17) is 14.2 Å². The third-order valence-corrected chi connectivity index (χ3v) is 5.18. The monoisotopic (exact) mass is 463 g/mol. The van der Waals surface area contributed by atoms with Crippen molar-refractivity contribution in [2.24, 2.45) is 0 Å². The number of esters is 1. The number of hydrogen-bond acceptors (Lipinski definition) is 6. The Morgan fingerprint density at radius 1 is 0.882 bits per heavy atom. The van der Waals surface area contributed by atoms with Gasteiger partial charge in [0.15, 0.2) is 23.9 Å². The highest BCUT2D eigenvalue weighted by Crippen LogP contribution is 2.31. The van der Waals surface area contributed by atoms with Crippen molar-refractivity contribution in [1.82, 2.24) is 5.32 Å². The van der Waals surface area contributed by atoms with Crippen molar-refractivity contribution in [1.29, 1.82) is 0 Å². The Labute approximate surface area is 195 Å². The Morgan fingerprint density at radius 3 is 2.35 bits per heavy atom. The Kier molecular flexibility index (Phi) is 7.17. The van der Waals surface area contributed by atoms with Gasteiger partial charge in [-0.2, -0.15) is 0 Å². The lowest BCUT2D eigenvalue weighted by atomic mass is 9.98. The number of ether oxygens (including phenoxy) is 3. The maximum Gasteiger partial charge on any atom is 0.339 e. The molecule has 0 atom stereocenters. The van der Waals surface area contributed by atoms with Crippen molar-refractivity contribution in [3.05, 3.63) is 94.8 Å². The minimum Gasteiger partial charge on any atom is -0.486 e. The molecule has 0 radical (unpaired) electrons. The van der Waals surface area contributed by atoms with Gasteiger partial charge in [0.2, 0.25) is 0 Å². The number of rotatable bonds is 8. The minimum absolute atomic E-state index is 0.0569. The highest BCUT2D eigenvalue weighted by molar-refractivity contribution is 6.14. The predicted molar refractivity (Wildman–Crippen MR) is 121 cm³/mol. The van der Waals surface area contributed by atoms with Crippen molar-refractivity contribution in [3.63, 3.8) is 0 Å². The zero-order valence-corrected chi connectivity index (χ0v) is 18.2. The van der Waals surface area contributed by atoms with Gasteiger partial charge in [-0.25, -0.2) is 9.18 Å². The molecule has 7 nitrogen and oxygen atoms in total. The van der Waals surface area contributed by atoms with Crippen molar-refractivity contribution in [2.75, 3.05) is 26.4 Å². The SMILES string of the molecule is O=C(COC(=O)c1ccccc1C(=O)c1ccc2c(c1)OCCO2)NCCc1ccc(F)cc1. The molecule has 0 spiro atoms. The zero-order chi connectivity index (χ0) is 23.9. The fourth-order valence-corrected chi connectivity index (χ4v) is 3.46. The van der Waals surface area contributed by atoms with Crippen LogP contribution in [0.2, 0.25) is 0 Å². The molecule has 8 heteroatoms. The topological polar surface area (TPSA) is 90.9 Å². The second-order valence-corrected chi connectivity index (χ2v) is 7.54. The van der Waals surface area contributed by atoms with E-state index in [0.29, 0.717) is 43.2 Å². The van der Waals surface area contributed by atoms with E-state index in [1.54, 1.807) is 42.5 Å². The molecule has 34 heavy (non-hydrogen) atoms. The van der Waals surface area contributed by atoms with Crippen LogP contribution in [-0.2, 0) is 16.0 Å². The van der Waals surface area contributed by atoms with E-state index in [2.05, 4.69) is 5.32 Å². The maximum atomic E-state index is 13.1. The molecular weight excluding hydrogens is 441 g/mol. The van der Waals surface area contributed by atoms with Gasteiger partial charge in [-0.15, -0.1) is 0 Å². The standard InChI is InChI=1S/C26H22FNO6/c27-19-8-5-17(6-9-19)11-12-28-24(29)16-34-26(31)21-4-2-1-3-20(21)25(30)18-7-10-22-23(15-18)33-14-13-32-22/h1-10,15H,11-14,16H2,(H,28,29). The molecule has 3 aromatic rings. The lowest BCUT2D eigenvalue weighted by Crippen LogP contribution is -2.30. The first-order valence-corrected chi connectivity index (χ1v) is 10.7. The first kappa shape index (κ1) is 23.0. The predicted octanol–water partition coefficient (Wildman–Crippen LogP) is 3.34. The summed E-state index contributed by atoms with van der Waals surface area (Å²) in [6.07, 6.45) is 0.507. The maximum absolute atomic E-state index is 13.1. The second-order valence-electron chi connectivity index (χ2n) is 7.54. The molecule has 0 saturated carbocycles. The minimum atomic E-state index is -0.782. The number of ketones is 1. The first-order valence-electron chi connectivity index (χ1n) is 10.7. The van der Waals surface area contributed by atoms with Crippen LogP contribution in [0.4, 0.5) is 4.39 Å². The highest BCUT2D eigenvalue weighted by Gasteiger charge is 2.22. The number of carbonyl (C=O) groups is 3. The van der Waals surface area contributed by atoms with Gasteiger partial charge in [-0.05, 0) is 48.4 Å². The van der Waals surface area contributed by atoms with E-state index < -0.39 is 18.5 Å². The quantitative estimate of drug-likeness (QED) is 0.407. The fraction of sp³-hybridized carbons (Fsp3) is 0.192. The van der Waals surface area contributed by atoms with Crippen LogP contribution >= 0.6 is 0 Å². The van der Waals surface area contributed by atoms with Gasteiger partial charge >= 0.3 is 5.97 Å². The van der Waals surface area contributed by atoms with E-state index >= 15 is 0 Å². The first-order chi connectivity index (χ1) is 16.5. The molecule has 174 valence electrons. The van der Waals surface area contributed by atoms with Crippen molar-refractivity contribution in [2.45, 2.75) is 6.42 Å². The van der Waals surface area contributed by atoms with E-state index in [1.165, 1.54) is 24.3 Å². The third kappa shape index (κ3) is 5.58. The molecule has 1 amide bonds. The molecule has 4 rings (SSSR count). The van der Waals surface area contributed by atoms with Crippen LogP contribution in [0.1, 0.15) is 31.8 Å². The number of halogens is 1. The van der Waals surface area contributed by atoms with Gasteiger partial charge in [0.05, 0.1) is 5.56 Å². The van der Waals surface area contributed by atoms with E-state index in [9.17, 15) is 18.8 Å². The number of amides is 1. The number of benzene rings is 3. The lowest BCUT2D eigenvalue weighted by molar-refractivity contribution is -0.124. The van der Waals surface area contributed by atoms with Crippen molar-refractivity contribution < 1.29 is 33.0 Å². The summed E-state index contributed by atoms with van der Waals surface area (Å²) in [4.78, 5) is 37.8. The summed E-state index contributed by atoms with van der Waals surface area (Å²) in [6.45, 7) is 0.643. The average molecular weight is 463 g/mol. The number of hydrogen-bond donors (Lipinski definition) is 1. The molecule has 1 heterocycles. The second kappa shape index (κ2) is 10.6. The Morgan fingerprint density at radius 2 is 1.59 bits per heavy atom. The molecular formula is C26H22FNO6. The van der Waals surface area contributed by atoms with Crippen LogP contribution in [0.25, 0.3) is 0 Å². The van der Waals surface area contributed by atoms with Crippen LogP contribution < -0.4 is 14.8 Å². The summed E-state index contributed by atoms with van der Waals surface area (Å²) in [5, 5.41) is 2.64. The number of fused-ring (bicyclic) bond motifs is 1. The van der Waals surface area contributed by atoms with Crippen molar-refractivity contribution >= 4 is 17.7 Å². The molecule has 1 aliphatic heterocycles. The van der Waals surface area contributed by atoms with E-state index in [0.717, 1.165) is 5.56 Å². The summed E-state index contributed by atoms with van der Waals surface area (Å²) in [7, 11) is 0. The number of nitrogens with one attached hydrogen (secondary N) is 1. The molecule has 3 aromatic carbocycles. The molecule has 0 aromatic heterocycles. The molecule has 0 aliphatic carbocycles. The Balaban J connectivity index is 1.35. The average Bonchev–Trinajstić information content (AvgIpc) is 2.87. The van der Waals surface area contributed by atoms with Gasteiger partial charge in [-0.3, -0.25) is 9.59 Å². The van der Waals surface area contributed by atoms with Crippen LogP contribution in [0.5, 0.6) is 11.5 Å². The molecule has 0 saturated heterocycles. The summed E-state index contributed by atoms with van der Waals surface area (Å²) < 4.78 is 29.1. The normalized spacial score (nSPS) is 12.0. The van der Waals surface area contributed by atoms with E-state index in [-0.39, 0.29) is 22.7 Å². The Bertz CT molecular complexity index is 1210. The molecule has 0 fully saturated rings. The Hall–Kier alpha value is -4.20. The zero-order valence-electron chi connectivity index (χ0n) is 18.2. The highest BCUT2D eigenvalue weighted by atomic mass is 19.1. The summed E-state index contributed by atoms with van der Waals surface area (Å²) >= 11 is 0.